The van der Waals surface area contributed by atoms with Gasteiger partial charge in [0, 0.05) is 11.4 Å². The van der Waals surface area contributed by atoms with Gasteiger partial charge >= 0.3 is 5.97 Å². The molecule has 0 radical (unpaired) electrons. The van der Waals surface area contributed by atoms with E-state index in [0.717, 1.165) is 22.2 Å². The molecule has 114 valence electrons. The number of esters is 1. The Balaban J connectivity index is 2.39. The lowest BCUT2D eigenvalue weighted by molar-refractivity contribution is -0.153. The van der Waals surface area contributed by atoms with Gasteiger partial charge in [0.2, 0.25) is 0 Å². The number of nitrogens with zero attached hydrogens (tertiary/aromatic N) is 2. The Hall–Kier alpha value is -1.84. The number of fused-ring (bicyclic) bond motifs is 1. The van der Waals surface area contributed by atoms with Crippen LogP contribution in [-0.2, 0) is 16.0 Å². The highest BCUT2D eigenvalue weighted by atomic mass is 16.6. The lowest BCUT2D eigenvalue weighted by Gasteiger charge is -2.19. The Labute approximate surface area is 126 Å². The molecule has 2 rings (SSSR count). The van der Waals surface area contributed by atoms with E-state index >= 15 is 0 Å². The first-order chi connectivity index (χ1) is 9.69. The van der Waals surface area contributed by atoms with Gasteiger partial charge in [0.25, 0.3) is 0 Å². The maximum atomic E-state index is 12.1. The first-order valence-corrected chi connectivity index (χ1v) is 7.37. The minimum atomic E-state index is -0.456. The van der Waals surface area contributed by atoms with Gasteiger partial charge in [0.05, 0.1) is 17.6 Å². The van der Waals surface area contributed by atoms with Gasteiger partial charge in [-0.2, -0.15) is 5.10 Å². The molecular formula is C17H24N2O2. The summed E-state index contributed by atoms with van der Waals surface area (Å²) in [6.45, 7) is 11.8. The van der Waals surface area contributed by atoms with Crippen LogP contribution in [0, 0.1) is 6.92 Å². The fraction of sp³-hybridized carbons (Fsp3) is 0.529. The second kappa shape index (κ2) is 5.51. The fourth-order valence-electron chi connectivity index (χ4n) is 2.53. The highest BCUT2D eigenvalue weighted by molar-refractivity contribution is 5.89. The molecule has 4 nitrogen and oxygen atoms in total. The molecule has 0 aliphatic rings. The topological polar surface area (TPSA) is 44.1 Å². The van der Waals surface area contributed by atoms with Crippen molar-refractivity contribution in [1.29, 1.82) is 0 Å². The van der Waals surface area contributed by atoms with Crippen LogP contribution >= 0.6 is 0 Å². The van der Waals surface area contributed by atoms with Crippen molar-refractivity contribution in [3.8, 4) is 0 Å². The van der Waals surface area contributed by atoms with Crippen molar-refractivity contribution in [3.05, 3.63) is 29.5 Å². The zero-order chi connectivity index (χ0) is 15.8. The summed E-state index contributed by atoms with van der Waals surface area (Å²) in [7, 11) is 0. The number of aryl methyl sites for hydroxylation is 1. The van der Waals surface area contributed by atoms with Crippen LogP contribution in [0.2, 0.25) is 0 Å². The van der Waals surface area contributed by atoms with Crippen molar-refractivity contribution in [2.45, 2.75) is 59.6 Å². The summed E-state index contributed by atoms with van der Waals surface area (Å²) in [5, 5.41) is 5.66. The molecule has 1 heterocycles. The van der Waals surface area contributed by atoms with Gasteiger partial charge in [-0.3, -0.25) is 9.48 Å². The molecule has 0 amide bonds. The third-order valence-electron chi connectivity index (χ3n) is 3.24. The van der Waals surface area contributed by atoms with Crippen LogP contribution < -0.4 is 0 Å². The Morgan fingerprint density at radius 2 is 2.00 bits per heavy atom. The van der Waals surface area contributed by atoms with E-state index in [1.54, 1.807) is 0 Å². The lowest BCUT2D eigenvalue weighted by atomic mass is 10.0. The lowest BCUT2D eigenvalue weighted by Crippen LogP contribution is -2.24. The van der Waals surface area contributed by atoms with Gasteiger partial charge in [0.15, 0.2) is 0 Å². The van der Waals surface area contributed by atoms with Gasteiger partial charge < -0.3 is 4.74 Å². The molecule has 0 N–H and O–H groups in total. The highest BCUT2D eigenvalue weighted by Gasteiger charge is 2.19. The molecule has 0 saturated heterocycles. The van der Waals surface area contributed by atoms with Crippen LogP contribution in [0.25, 0.3) is 10.9 Å². The highest BCUT2D eigenvalue weighted by Crippen LogP contribution is 2.26. The van der Waals surface area contributed by atoms with Crippen LogP contribution in [0.5, 0.6) is 0 Å². The Morgan fingerprint density at radius 3 is 2.57 bits per heavy atom. The molecule has 0 aliphatic carbocycles. The molecule has 0 fully saturated rings. The molecule has 1 aromatic heterocycles. The van der Waals surface area contributed by atoms with Crippen LogP contribution in [0.3, 0.4) is 0 Å². The summed E-state index contributed by atoms with van der Waals surface area (Å²) in [5.74, 6) is -0.202. The normalized spacial score (nSPS) is 12.1. The molecule has 0 spiro atoms. The smallest absolute Gasteiger partial charge is 0.310 e. The number of aromatic nitrogens is 2. The Bertz CT molecular complexity index is 663. The number of carbonyl (C=O) groups is 1. The van der Waals surface area contributed by atoms with Crippen molar-refractivity contribution < 1.29 is 9.53 Å². The van der Waals surface area contributed by atoms with Crippen molar-refractivity contribution in [1.82, 2.24) is 9.78 Å². The van der Waals surface area contributed by atoms with E-state index in [2.05, 4.69) is 18.9 Å². The van der Waals surface area contributed by atoms with E-state index in [1.165, 1.54) is 0 Å². The van der Waals surface area contributed by atoms with Crippen molar-refractivity contribution >= 4 is 16.9 Å². The average Bonchev–Trinajstić information content (AvgIpc) is 2.65. The zero-order valence-corrected chi connectivity index (χ0v) is 13.7. The summed E-state index contributed by atoms with van der Waals surface area (Å²) in [5.41, 5.74) is 2.55. The van der Waals surface area contributed by atoms with Crippen molar-refractivity contribution in [2.24, 2.45) is 0 Å². The SMILES string of the molecule is Cc1nn(C(C)C)c2cccc(CC(=O)OC(C)(C)C)c12. The van der Waals surface area contributed by atoms with E-state index in [-0.39, 0.29) is 18.4 Å². The molecule has 0 saturated carbocycles. The van der Waals surface area contributed by atoms with Crippen LogP contribution in [0.1, 0.15) is 51.9 Å². The predicted octanol–water partition coefficient (Wildman–Crippen LogP) is 3.81. The van der Waals surface area contributed by atoms with E-state index in [1.807, 2.05) is 50.6 Å². The summed E-state index contributed by atoms with van der Waals surface area (Å²) in [6.07, 6.45) is 0.277. The minimum Gasteiger partial charge on any atom is -0.460 e. The van der Waals surface area contributed by atoms with Gasteiger partial charge in [-0.1, -0.05) is 12.1 Å². The molecule has 0 aliphatic heterocycles. The standard InChI is InChI=1S/C17H24N2O2/c1-11(2)19-14-9-7-8-13(16(14)12(3)18-19)10-15(20)21-17(4,5)6/h7-9,11H,10H2,1-6H3. The number of carbonyl (C=O) groups excluding carboxylic acids is 1. The van der Waals surface area contributed by atoms with E-state index in [4.69, 9.17) is 4.74 Å². The van der Waals surface area contributed by atoms with Gasteiger partial charge in [0.1, 0.15) is 5.60 Å². The van der Waals surface area contributed by atoms with Gasteiger partial charge in [-0.15, -0.1) is 0 Å². The number of hydrogen-bond donors (Lipinski definition) is 0. The largest absolute Gasteiger partial charge is 0.460 e. The molecule has 0 bridgehead atoms. The van der Waals surface area contributed by atoms with Crippen LogP contribution in [0.4, 0.5) is 0 Å². The van der Waals surface area contributed by atoms with Gasteiger partial charge in [-0.05, 0) is 53.2 Å². The summed E-state index contributed by atoms with van der Waals surface area (Å²) >= 11 is 0. The monoisotopic (exact) mass is 288 g/mol. The summed E-state index contributed by atoms with van der Waals surface area (Å²) in [6, 6.07) is 6.29. The van der Waals surface area contributed by atoms with E-state index in [9.17, 15) is 4.79 Å². The molecule has 1 aromatic carbocycles. The third kappa shape index (κ3) is 3.43. The first kappa shape index (κ1) is 15.5. The van der Waals surface area contributed by atoms with E-state index in [0.29, 0.717) is 0 Å². The predicted molar refractivity (Wildman–Crippen MR) is 84.4 cm³/mol. The minimum absolute atomic E-state index is 0.202. The maximum absolute atomic E-state index is 12.1. The molecule has 4 heteroatoms. The quantitative estimate of drug-likeness (QED) is 0.807. The van der Waals surface area contributed by atoms with Gasteiger partial charge in [-0.25, -0.2) is 0 Å². The summed E-state index contributed by atoms with van der Waals surface area (Å²) in [4.78, 5) is 12.1. The first-order valence-electron chi connectivity index (χ1n) is 7.37. The Kier molecular flexibility index (Phi) is 4.08. The number of rotatable bonds is 3. The second-order valence-electron chi connectivity index (χ2n) is 6.70. The zero-order valence-electron chi connectivity index (χ0n) is 13.7. The third-order valence-corrected chi connectivity index (χ3v) is 3.24. The average molecular weight is 288 g/mol. The number of benzene rings is 1. The van der Waals surface area contributed by atoms with Crippen molar-refractivity contribution in [2.75, 3.05) is 0 Å². The fourth-order valence-corrected chi connectivity index (χ4v) is 2.53. The molecule has 21 heavy (non-hydrogen) atoms. The van der Waals surface area contributed by atoms with Crippen LogP contribution in [-0.4, -0.2) is 21.4 Å². The maximum Gasteiger partial charge on any atom is 0.310 e. The van der Waals surface area contributed by atoms with Crippen LogP contribution in [0.15, 0.2) is 18.2 Å². The number of ether oxygens (including phenoxy) is 1. The summed E-state index contributed by atoms with van der Waals surface area (Å²) < 4.78 is 7.42. The Morgan fingerprint density at radius 1 is 1.33 bits per heavy atom. The molecular weight excluding hydrogens is 264 g/mol. The molecule has 0 unspecified atom stereocenters. The molecule has 0 atom stereocenters. The van der Waals surface area contributed by atoms with E-state index < -0.39 is 5.60 Å². The number of hydrogen-bond acceptors (Lipinski definition) is 3. The second-order valence-corrected chi connectivity index (χ2v) is 6.70. The molecule has 2 aromatic rings. The van der Waals surface area contributed by atoms with Crippen molar-refractivity contribution in [3.63, 3.8) is 0 Å².